The molecule has 2 fully saturated rings. The minimum absolute atomic E-state index is 0.0389. The van der Waals surface area contributed by atoms with Crippen molar-refractivity contribution in [2.24, 2.45) is 11.7 Å². The van der Waals surface area contributed by atoms with E-state index in [9.17, 15) is 9.59 Å². The summed E-state index contributed by atoms with van der Waals surface area (Å²) >= 11 is 0. The zero-order chi connectivity index (χ0) is 24.3. The lowest BCUT2D eigenvalue weighted by Crippen LogP contribution is -2.57. The van der Waals surface area contributed by atoms with Crippen LogP contribution in [0.1, 0.15) is 65.2 Å². The molecule has 1 amide bonds. The summed E-state index contributed by atoms with van der Waals surface area (Å²) < 4.78 is 1.71. The number of carbonyl (C=O) groups is 1. The maximum atomic E-state index is 12.8. The molecule has 2 aliphatic carbocycles. The van der Waals surface area contributed by atoms with Crippen LogP contribution >= 0.6 is 0 Å². The molecular weight excluding hydrogens is 428 g/mol. The molecule has 4 rings (SSSR count). The Labute approximate surface area is 203 Å². The normalized spacial score (nSPS) is 22.7. The minimum atomic E-state index is -0.862. The van der Waals surface area contributed by atoms with E-state index in [2.05, 4.69) is 27.9 Å². The Morgan fingerprint density at radius 1 is 1.15 bits per heavy atom. The molecule has 188 valence electrons. The van der Waals surface area contributed by atoms with Gasteiger partial charge in [0.25, 0.3) is 0 Å². The van der Waals surface area contributed by atoms with Gasteiger partial charge in [-0.3, -0.25) is 9.36 Å². The summed E-state index contributed by atoms with van der Waals surface area (Å²) in [5, 5.41) is 0. The van der Waals surface area contributed by atoms with Crippen molar-refractivity contribution in [1.82, 2.24) is 19.4 Å². The van der Waals surface area contributed by atoms with Gasteiger partial charge >= 0.3 is 5.69 Å². The monoisotopic (exact) mass is 470 g/mol. The standard InChI is InChI=1S/C26H42N6O2/c1-26(2,27)24(33)31-17-15-30(16-18-31)23-13-14-32(25(34)28-23)22-11-9-20(10-12-22)19-29(3)21-7-5-4-6-8-21/h11,13-14,20-21H,4-10,12,15-19,27H2,1-3H3. The van der Waals surface area contributed by atoms with Crippen molar-refractivity contribution in [2.45, 2.75) is 76.8 Å². The highest BCUT2D eigenvalue weighted by Gasteiger charge is 2.30. The van der Waals surface area contributed by atoms with Crippen molar-refractivity contribution in [2.75, 3.05) is 44.7 Å². The Hall–Kier alpha value is -2.19. The Kier molecular flexibility index (Phi) is 7.77. The molecule has 8 heteroatoms. The summed E-state index contributed by atoms with van der Waals surface area (Å²) in [5.41, 5.74) is 5.95. The molecule has 2 heterocycles. The van der Waals surface area contributed by atoms with E-state index in [1.165, 1.54) is 32.1 Å². The van der Waals surface area contributed by atoms with Crippen molar-refractivity contribution in [3.63, 3.8) is 0 Å². The number of rotatable bonds is 6. The Morgan fingerprint density at radius 3 is 2.44 bits per heavy atom. The Balaban J connectivity index is 1.32. The molecule has 1 unspecified atom stereocenters. The summed E-state index contributed by atoms with van der Waals surface area (Å²) in [4.78, 5) is 36.1. The average Bonchev–Trinajstić information content (AvgIpc) is 2.84. The first-order valence-electron chi connectivity index (χ1n) is 13.0. The Morgan fingerprint density at radius 2 is 1.85 bits per heavy atom. The second kappa shape index (κ2) is 10.6. The van der Waals surface area contributed by atoms with Crippen LogP contribution in [-0.4, -0.2) is 76.6 Å². The number of allylic oxidation sites excluding steroid dienone is 2. The highest BCUT2D eigenvalue weighted by atomic mass is 16.2. The van der Waals surface area contributed by atoms with E-state index < -0.39 is 5.54 Å². The molecule has 0 radical (unpaired) electrons. The second-order valence-corrected chi connectivity index (χ2v) is 11.0. The molecule has 2 N–H and O–H groups in total. The third-order valence-corrected chi connectivity index (χ3v) is 7.78. The predicted molar refractivity (Wildman–Crippen MR) is 137 cm³/mol. The van der Waals surface area contributed by atoms with Crippen molar-refractivity contribution in [3.8, 4) is 0 Å². The van der Waals surface area contributed by atoms with E-state index in [4.69, 9.17) is 5.73 Å². The van der Waals surface area contributed by atoms with Crippen LogP contribution in [0.3, 0.4) is 0 Å². The van der Waals surface area contributed by atoms with Gasteiger partial charge in [0.15, 0.2) is 0 Å². The summed E-state index contributed by atoms with van der Waals surface area (Å²) in [7, 11) is 2.29. The van der Waals surface area contributed by atoms with Gasteiger partial charge in [0.2, 0.25) is 5.91 Å². The summed E-state index contributed by atoms with van der Waals surface area (Å²) in [6.45, 7) is 7.10. The molecule has 0 aromatic carbocycles. The van der Waals surface area contributed by atoms with Gasteiger partial charge in [-0.15, -0.1) is 0 Å². The summed E-state index contributed by atoms with van der Waals surface area (Å²) in [5.74, 6) is 1.31. The molecule has 1 aromatic heterocycles. The van der Waals surface area contributed by atoms with Crippen LogP contribution in [0.4, 0.5) is 5.82 Å². The van der Waals surface area contributed by atoms with Crippen molar-refractivity contribution in [1.29, 1.82) is 0 Å². The van der Waals surface area contributed by atoms with Crippen LogP contribution in [0.15, 0.2) is 23.1 Å². The number of piperazine rings is 1. The minimum Gasteiger partial charge on any atom is -0.353 e. The largest absolute Gasteiger partial charge is 0.353 e. The lowest BCUT2D eigenvalue weighted by atomic mass is 9.89. The molecular formula is C26H42N6O2. The number of anilines is 1. The molecule has 0 bridgehead atoms. The van der Waals surface area contributed by atoms with Crippen LogP contribution in [0, 0.1) is 5.92 Å². The van der Waals surface area contributed by atoms with E-state index in [-0.39, 0.29) is 11.6 Å². The van der Waals surface area contributed by atoms with Gasteiger partial charge in [-0.1, -0.05) is 25.3 Å². The molecule has 8 nitrogen and oxygen atoms in total. The molecule has 1 atom stereocenters. The SMILES string of the molecule is CN(CC1CC=C(n2ccc(N3CCN(C(=O)C(C)(C)N)CC3)nc2=O)CC1)C1CCCCC1. The average molecular weight is 471 g/mol. The summed E-state index contributed by atoms with van der Waals surface area (Å²) in [6.07, 6.45) is 14.0. The van der Waals surface area contributed by atoms with Crippen LogP contribution in [0.5, 0.6) is 0 Å². The van der Waals surface area contributed by atoms with Crippen molar-refractivity contribution < 1.29 is 4.79 Å². The quantitative estimate of drug-likeness (QED) is 0.688. The first kappa shape index (κ1) is 24.9. The van der Waals surface area contributed by atoms with E-state index in [1.54, 1.807) is 23.3 Å². The zero-order valence-corrected chi connectivity index (χ0v) is 21.2. The van der Waals surface area contributed by atoms with Gasteiger partial charge in [0, 0.05) is 50.7 Å². The van der Waals surface area contributed by atoms with Crippen LogP contribution in [-0.2, 0) is 4.79 Å². The lowest BCUT2D eigenvalue weighted by Gasteiger charge is -2.38. The lowest BCUT2D eigenvalue weighted by molar-refractivity contribution is -0.136. The smallest absolute Gasteiger partial charge is 0.353 e. The highest BCUT2D eigenvalue weighted by Crippen LogP contribution is 2.29. The number of nitrogens with zero attached hydrogens (tertiary/aromatic N) is 5. The van der Waals surface area contributed by atoms with E-state index in [0.717, 1.165) is 37.5 Å². The van der Waals surface area contributed by atoms with Gasteiger partial charge in [-0.05, 0) is 65.0 Å². The predicted octanol–water partition coefficient (Wildman–Crippen LogP) is 2.53. The number of aromatic nitrogens is 2. The zero-order valence-electron chi connectivity index (χ0n) is 21.2. The molecule has 1 saturated heterocycles. The number of hydrogen-bond acceptors (Lipinski definition) is 6. The number of nitrogens with two attached hydrogens (primary N) is 1. The highest BCUT2D eigenvalue weighted by molar-refractivity contribution is 5.85. The van der Waals surface area contributed by atoms with E-state index in [1.807, 2.05) is 12.3 Å². The topological polar surface area (TPSA) is 87.7 Å². The molecule has 1 aromatic rings. The van der Waals surface area contributed by atoms with E-state index >= 15 is 0 Å². The fraction of sp³-hybridized carbons (Fsp3) is 0.731. The first-order chi connectivity index (χ1) is 16.2. The van der Waals surface area contributed by atoms with Crippen molar-refractivity contribution >= 4 is 17.4 Å². The molecule has 34 heavy (non-hydrogen) atoms. The summed E-state index contributed by atoms with van der Waals surface area (Å²) in [6, 6.07) is 2.68. The van der Waals surface area contributed by atoms with Crippen molar-refractivity contribution in [3.05, 3.63) is 28.8 Å². The third-order valence-electron chi connectivity index (χ3n) is 7.78. The Bertz CT molecular complexity index is 935. The molecule has 0 spiro atoms. The van der Waals surface area contributed by atoms with Crippen LogP contribution in [0.25, 0.3) is 5.70 Å². The van der Waals surface area contributed by atoms with Gasteiger partial charge in [0.05, 0.1) is 5.54 Å². The van der Waals surface area contributed by atoms with Crippen LogP contribution < -0.4 is 16.3 Å². The number of amides is 1. The van der Waals surface area contributed by atoms with Gasteiger partial charge in [-0.25, -0.2) is 4.79 Å². The number of hydrogen-bond donors (Lipinski definition) is 1. The fourth-order valence-corrected chi connectivity index (χ4v) is 5.67. The number of carbonyl (C=O) groups excluding carboxylic acids is 1. The van der Waals surface area contributed by atoms with Crippen LogP contribution in [0.2, 0.25) is 0 Å². The molecule has 1 aliphatic heterocycles. The molecule has 1 saturated carbocycles. The van der Waals surface area contributed by atoms with E-state index in [0.29, 0.717) is 37.9 Å². The van der Waals surface area contributed by atoms with Gasteiger partial charge in [-0.2, -0.15) is 4.98 Å². The fourth-order valence-electron chi connectivity index (χ4n) is 5.67. The third kappa shape index (κ3) is 5.89. The first-order valence-corrected chi connectivity index (χ1v) is 13.0. The maximum Gasteiger partial charge on any atom is 0.353 e. The second-order valence-electron chi connectivity index (χ2n) is 11.0. The maximum absolute atomic E-state index is 12.8. The van der Waals surface area contributed by atoms with Gasteiger partial charge < -0.3 is 20.4 Å². The molecule has 3 aliphatic rings. The van der Waals surface area contributed by atoms with Gasteiger partial charge in [0.1, 0.15) is 5.82 Å².